The fraction of sp³-hybridized carbons (Fsp3) is 0.0625. The average molecular weight is 334 g/mol. The van der Waals surface area contributed by atoms with Crippen LogP contribution in [0.3, 0.4) is 0 Å². The summed E-state index contributed by atoms with van der Waals surface area (Å²) in [4.78, 5) is 12.0. The minimum Gasteiger partial charge on any atom is -0.320 e. The molecular weight excluding hydrogens is 321 g/mol. The Hall–Kier alpha value is -1.94. The maximum absolute atomic E-state index is 13.6. The number of amides is 1. The fourth-order valence-electron chi connectivity index (χ4n) is 1.68. The van der Waals surface area contributed by atoms with Crippen molar-refractivity contribution in [1.29, 1.82) is 0 Å². The summed E-state index contributed by atoms with van der Waals surface area (Å²) in [7, 11) is 0. The first kappa shape index (κ1) is 14.5. The van der Waals surface area contributed by atoms with Crippen molar-refractivity contribution in [2.45, 2.75) is 6.92 Å². The maximum Gasteiger partial charge on any atom is 0.251 e. The van der Waals surface area contributed by atoms with E-state index in [1.165, 1.54) is 12.1 Å². The zero-order valence-corrected chi connectivity index (χ0v) is 12.4. The Kier molecular flexibility index (Phi) is 4.69. The van der Waals surface area contributed by atoms with Gasteiger partial charge in [0.25, 0.3) is 5.91 Å². The molecule has 0 bridgehead atoms. The lowest BCUT2D eigenvalue weighted by Gasteiger charge is -2.07. The number of rotatable bonds is 3. The lowest BCUT2D eigenvalue weighted by atomic mass is 10.1. The second-order valence-electron chi connectivity index (χ2n) is 4.32. The van der Waals surface area contributed by atoms with Gasteiger partial charge >= 0.3 is 0 Å². The first-order valence-corrected chi connectivity index (χ1v) is 6.85. The fourth-order valence-corrected chi connectivity index (χ4v) is 2.01. The van der Waals surface area contributed by atoms with Gasteiger partial charge in [0.15, 0.2) is 0 Å². The van der Waals surface area contributed by atoms with Crippen LogP contribution in [0.1, 0.15) is 12.5 Å². The number of nitrogens with one attached hydrogen (secondary N) is 1. The highest BCUT2D eigenvalue weighted by Crippen LogP contribution is 2.20. The molecule has 0 saturated carbocycles. The van der Waals surface area contributed by atoms with Crippen LogP contribution in [0.2, 0.25) is 0 Å². The quantitative estimate of drug-likeness (QED) is 0.815. The smallest absolute Gasteiger partial charge is 0.251 e. The Morgan fingerprint density at radius 2 is 1.90 bits per heavy atom. The first-order valence-electron chi connectivity index (χ1n) is 6.06. The third-order valence-electron chi connectivity index (χ3n) is 2.72. The molecule has 0 spiro atoms. The van der Waals surface area contributed by atoms with Crippen LogP contribution in [0.4, 0.5) is 10.1 Å². The van der Waals surface area contributed by atoms with E-state index in [1.807, 2.05) is 30.3 Å². The minimum absolute atomic E-state index is 0.166. The van der Waals surface area contributed by atoms with Crippen molar-refractivity contribution in [1.82, 2.24) is 0 Å². The molecule has 20 heavy (non-hydrogen) atoms. The number of carbonyl (C=O) groups is 1. The zero-order chi connectivity index (χ0) is 14.5. The van der Waals surface area contributed by atoms with Gasteiger partial charge in [-0.05, 0) is 36.8 Å². The summed E-state index contributed by atoms with van der Waals surface area (Å²) in [5.74, 6) is -0.796. The van der Waals surface area contributed by atoms with Gasteiger partial charge in [0.2, 0.25) is 0 Å². The molecule has 0 aliphatic carbocycles. The summed E-state index contributed by atoms with van der Waals surface area (Å²) in [6, 6.07) is 14.0. The third-order valence-corrected chi connectivity index (χ3v) is 3.21. The van der Waals surface area contributed by atoms with E-state index in [0.29, 0.717) is 10.0 Å². The van der Waals surface area contributed by atoms with Crippen LogP contribution in [-0.2, 0) is 4.79 Å². The van der Waals surface area contributed by atoms with Crippen molar-refractivity contribution in [2.75, 3.05) is 5.32 Å². The second kappa shape index (κ2) is 6.48. The van der Waals surface area contributed by atoms with E-state index in [-0.39, 0.29) is 11.6 Å². The van der Waals surface area contributed by atoms with E-state index in [0.717, 1.165) is 5.56 Å². The Balaban J connectivity index is 2.14. The SMILES string of the molecule is CC(=Cc1ccccc1)C(=O)Nc1ccc(Br)cc1F. The second-order valence-corrected chi connectivity index (χ2v) is 5.23. The lowest BCUT2D eigenvalue weighted by Crippen LogP contribution is -2.13. The molecule has 0 aliphatic heterocycles. The van der Waals surface area contributed by atoms with E-state index in [2.05, 4.69) is 21.2 Å². The van der Waals surface area contributed by atoms with Crippen molar-refractivity contribution >= 4 is 33.6 Å². The van der Waals surface area contributed by atoms with Gasteiger partial charge in [-0.2, -0.15) is 0 Å². The van der Waals surface area contributed by atoms with Crippen LogP contribution >= 0.6 is 15.9 Å². The Morgan fingerprint density at radius 1 is 1.20 bits per heavy atom. The number of hydrogen-bond donors (Lipinski definition) is 1. The summed E-state index contributed by atoms with van der Waals surface area (Å²) in [5.41, 5.74) is 1.61. The molecular formula is C16H13BrFNO. The summed E-state index contributed by atoms with van der Waals surface area (Å²) in [6.07, 6.45) is 1.76. The normalized spacial score (nSPS) is 11.2. The zero-order valence-electron chi connectivity index (χ0n) is 10.9. The molecule has 0 aromatic heterocycles. The topological polar surface area (TPSA) is 29.1 Å². The van der Waals surface area contributed by atoms with E-state index in [9.17, 15) is 9.18 Å². The molecule has 1 amide bonds. The van der Waals surface area contributed by atoms with Gasteiger partial charge in [-0.25, -0.2) is 4.39 Å². The molecule has 2 rings (SSSR count). The van der Waals surface area contributed by atoms with Gasteiger partial charge in [-0.15, -0.1) is 0 Å². The van der Waals surface area contributed by atoms with Gasteiger partial charge in [-0.1, -0.05) is 46.3 Å². The molecule has 0 unspecified atom stereocenters. The third kappa shape index (κ3) is 3.78. The van der Waals surface area contributed by atoms with Crippen molar-refractivity contribution in [3.8, 4) is 0 Å². The molecule has 0 aliphatic rings. The highest BCUT2D eigenvalue weighted by atomic mass is 79.9. The summed E-state index contributed by atoms with van der Waals surface area (Å²) in [5, 5.41) is 2.55. The average Bonchev–Trinajstić information content (AvgIpc) is 2.43. The molecule has 0 heterocycles. The van der Waals surface area contributed by atoms with E-state index in [1.54, 1.807) is 19.1 Å². The predicted molar refractivity (Wildman–Crippen MR) is 82.8 cm³/mol. The lowest BCUT2D eigenvalue weighted by molar-refractivity contribution is -0.112. The number of anilines is 1. The molecule has 0 radical (unpaired) electrons. The van der Waals surface area contributed by atoms with Crippen molar-refractivity contribution < 1.29 is 9.18 Å². The van der Waals surface area contributed by atoms with E-state index >= 15 is 0 Å². The Labute approximate surface area is 125 Å². The highest BCUT2D eigenvalue weighted by molar-refractivity contribution is 9.10. The standard InChI is InChI=1S/C16H13BrFNO/c1-11(9-12-5-3-2-4-6-12)16(20)19-15-8-7-13(17)10-14(15)18/h2-10H,1H3,(H,19,20). The monoisotopic (exact) mass is 333 g/mol. The van der Waals surface area contributed by atoms with Crippen LogP contribution in [0.5, 0.6) is 0 Å². The molecule has 2 aromatic carbocycles. The Bertz CT molecular complexity index is 653. The van der Waals surface area contributed by atoms with Gasteiger partial charge in [0.05, 0.1) is 5.69 Å². The molecule has 0 fully saturated rings. The molecule has 0 saturated heterocycles. The minimum atomic E-state index is -0.472. The first-order chi connectivity index (χ1) is 9.56. The number of hydrogen-bond acceptors (Lipinski definition) is 1. The molecule has 2 aromatic rings. The van der Waals surface area contributed by atoms with Crippen molar-refractivity contribution in [3.63, 3.8) is 0 Å². The van der Waals surface area contributed by atoms with E-state index in [4.69, 9.17) is 0 Å². The van der Waals surface area contributed by atoms with Crippen LogP contribution in [0.25, 0.3) is 6.08 Å². The molecule has 1 N–H and O–H groups in total. The predicted octanol–water partition coefficient (Wildman–Crippen LogP) is 4.63. The number of carbonyl (C=O) groups excluding carboxylic acids is 1. The van der Waals surface area contributed by atoms with Crippen molar-refractivity contribution in [3.05, 3.63) is 70.0 Å². The van der Waals surface area contributed by atoms with Gasteiger partial charge < -0.3 is 5.32 Å². The largest absolute Gasteiger partial charge is 0.320 e. The van der Waals surface area contributed by atoms with Crippen LogP contribution < -0.4 is 5.32 Å². The molecule has 0 atom stereocenters. The maximum atomic E-state index is 13.6. The van der Waals surface area contributed by atoms with E-state index < -0.39 is 5.82 Å². The summed E-state index contributed by atoms with van der Waals surface area (Å²) >= 11 is 3.17. The van der Waals surface area contributed by atoms with Crippen LogP contribution in [0, 0.1) is 5.82 Å². The van der Waals surface area contributed by atoms with Crippen LogP contribution in [0.15, 0.2) is 58.6 Å². The van der Waals surface area contributed by atoms with Gasteiger partial charge in [-0.3, -0.25) is 4.79 Å². The number of halogens is 2. The van der Waals surface area contributed by atoms with Crippen LogP contribution in [-0.4, -0.2) is 5.91 Å². The Morgan fingerprint density at radius 3 is 2.55 bits per heavy atom. The summed E-state index contributed by atoms with van der Waals surface area (Å²) < 4.78 is 14.3. The van der Waals surface area contributed by atoms with Gasteiger partial charge in [0, 0.05) is 10.0 Å². The highest BCUT2D eigenvalue weighted by Gasteiger charge is 2.09. The van der Waals surface area contributed by atoms with Gasteiger partial charge in [0.1, 0.15) is 5.82 Å². The molecule has 2 nitrogen and oxygen atoms in total. The van der Waals surface area contributed by atoms with Crippen molar-refractivity contribution in [2.24, 2.45) is 0 Å². The summed E-state index contributed by atoms with van der Waals surface area (Å²) in [6.45, 7) is 1.69. The molecule has 102 valence electrons. The molecule has 4 heteroatoms. The number of benzene rings is 2.